The molecule has 1 N–H and O–H groups in total. The molecule has 1 unspecified atom stereocenters. The summed E-state index contributed by atoms with van der Waals surface area (Å²) in [5, 5.41) is 11.3. The molecular formula is C25H26N2O6. The molecule has 8 heteroatoms. The number of anilines is 1. The second kappa shape index (κ2) is 8.71. The Morgan fingerprint density at radius 1 is 1.00 bits per heavy atom. The van der Waals surface area contributed by atoms with Crippen molar-refractivity contribution in [3.63, 3.8) is 0 Å². The highest BCUT2D eigenvalue weighted by molar-refractivity contribution is 6.50. The molecule has 2 aliphatic heterocycles. The lowest BCUT2D eigenvalue weighted by atomic mass is 9.82. The third-order valence-corrected chi connectivity index (χ3v) is 6.14. The Balaban J connectivity index is 2.02. The van der Waals surface area contributed by atoms with E-state index >= 15 is 0 Å². The fourth-order valence-electron chi connectivity index (χ4n) is 4.69. The Hall–Kier alpha value is -3.65. The minimum Gasteiger partial charge on any atom is -0.507 e. The maximum atomic E-state index is 14.1. The number of ketones is 1. The van der Waals surface area contributed by atoms with Gasteiger partial charge in [-0.15, -0.1) is 0 Å². The molecule has 1 fully saturated rings. The summed E-state index contributed by atoms with van der Waals surface area (Å²) in [6, 6.07) is 13.5. The number of Topliss-reactive ketones (excluding diaryl/α,β-unsaturated/α-hetero) is 1. The Bertz CT molecular complexity index is 1140. The minimum absolute atomic E-state index is 0.0144. The number of aliphatic hydroxyl groups excluding tert-OH is 1. The van der Waals surface area contributed by atoms with Crippen molar-refractivity contribution in [2.45, 2.75) is 18.9 Å². The first-order valence-electron chi connectivity index (χ1n) is 10.8. The summed E-state index contributed by atoms with van der Waals surface area (Å²) in [6.45, 7) is 2.50. The van der Waals surface area contributed by atoms with Crippen molar-refractivity contribution in [2.75, 3.05) is 38.8 Å². The van der Waals surface area contributed by atoms with Gasteiger partial charge in [0.1, 0.15) is 11.5 Å². The highest BCUT2D eigenvalue weighted by atomic mass is 16.5. The van der Waals surface area contributed by atoms with Crippen LogP contribution in [0, 0.1) is 0 Å². The van der Waals surface area contributed by atoms with Gasteiger partial charge < -0.3 is 24.4 Å². The van der Waals surface area contributed by atoms with Gasteiger partial charge >= 0.3 is 0 Å². The minimum atomic E-state index is -1.76. The number of aliphatic hydroxyl groups is 1. The first-order chi connectivity index (χ1) is 15.9. The number of hydrogen-bond acceptors (Lipinski definition) is 6. The average molecular weight is 450 g/mol. The molecule has 0 bridgehead atoms. The maximum Gasteiger partial charge on any atom is 0.296 e. The van der Waals surface area contributed by atoms with Crippen molar-refractivity contribution in [3.8, 4) is 5.75 Å². The zero-order valence-corrected chi connectivity index (χ0v) is 18.8. The number of para-hydroxylation sites is 1. The molecule has 0 aromatic heterocycles. The molecule has 4 rings (SSSR count). The van der Waals surface area contributed by atoms with E-state index < -0.39 is 28.9 Å². The number of fused-ring (bicyclic) bond motifs is 2. The summed E-state index contributed by atoms with van der Waals surface area (Å²) < 4.78 is 10.3. The molecule has 8 nitrogen and oxygen atoms in total. The molecule has 2 aromatic carbocycles. The summed E-state index contributed by atoms with van der Waals surface area (Å²) in [4.78, 5) is 43.5. The van der Waals surface area contributed by atoms with E-state index in [2.05, 4.69) is 0 Å². The van der Waals surface area contributed by atoms with Gasteiger partial charge in [0.2, 0.25) is 0 Å². The van der Waals surface area contributed by atoms with E-state index in [1.165, 1.54) is 19.1 Å². The summed E-state index contributed by atoms with van der Waals surface area (Å²) in [6.07, 6.45) is 0.680. The van der Waals surface area contributed by atoms with Crippen LogP contribution in [0.2, 0.25) is 0 Å². The van der Waals surface area contributed by atoms with Crippen molar-refractivity contribution in [1.29, 1.82) is 0 Å². The maximum absolute atomic E-state index is 14.1. The van der Waals surface area contributed by atoms with Crippen molar-refractivity contribution in [3.05, 3.63) is 65.2 Å². The van der Waals surface area contributed by atoms with Crippen molar-refractivity contribution >= 4 is 29.0 Å². The number of benzene rings is 2. The number of ether oxygens (including phenoxy) is 2. The predicted molar refractivity (Wildman–Crippen MR) is 122 cm³/mol. The quantitative estimate of drug-likeness (QED) is 0.396. The lowest BCUT2D eigenvalue weighted by Crippen LogP contribution is -2.52. The van der Waals surface area contributed by atoms with E-state index in [4.69, 9.17) is 9.47 Å². The number of rotatable bonds is 7. The van der Waals surface area contributed by atoms with Gasteiger partial charge in [-0.2, -0.15) is 0 Å². The Kier molecular flexibility index (Phi) is 5.95. The smallest absolute Gasteiger partial charge is 0.296 e. The number of carbonyl (C=O) groups is 3. The summed E-state index contributed by atoms with van der Waals surface area (Å²) >= 11 is 0. The van der Waals surface area contributed by atoms with Crippen LogP contribution in [-0.4, -0.2) is 61.5 Å². The van der Waals surface area contributed by atoms with Crippen molar-refractivity contribution in [1.82, 2.24) is 4.90 Å². The van der Waals surface area contributed by atoms with Gasteiger partial charge in [0.15, 0.2) is 5.54 Å². The van der Waals surface area contributed by atoms with E-state index in [-0.39, 0.29) is 18.7 Å². The van der Waals surface area contributed by atoms with Gasteiger partial charge in [-0.3, -0.25) is 14.4 Å². The highest BCUT2D eigenvalue weighted by Gasteiger charge is 2.66. The third-order valence-electron chi connectivity index (χ3n) is 6.14. The van der Waals surface area contributed by atoms with E-state index in [9.17, 15) is 19.5 Å². The molecule has 0 radical (unpaired) electrons. The van der Waals surface area contributed by atoms with E-state index in [1.54, 1.807) is 53.4 Å². The molecule has 2 amide bonds. The van der Waals surface area contributed by atoms with Crippen molar-refractivity contribution < 1.29 is 29.0 Å². The topological polar surface area (TPSA) is 96.4 Å². The van der Waals surface area contributed by atoms with Gasteiger partial charge in [-0.05, 0) is 36.8 Å². The van der Waals surface area contributed by atoms with Gasteiger partial charge in [0.05, 0.1) is 25.0 Å². The van der Waals surface area contributed by atoms with Gasteiger partial charge in [0.25, 0.3) is 17.6 Å². The first-order valence-corrected chi connectivity index (χ1v) is 10.8. The zero-order chi connectivity index (χ0) is 23.8. The summed E-state index contributed by atoms with van der Waals surface area (Å²) in [5.74, 6) is -2.02. The largest absolute Gasteiger partial charge is 0.507 e. The lowest BCUT2D eigenvalue weighted by Gasteiger charge is -2.34. The molecule has 0 saturated carbocycles. The Labute approximate surface area is 192 Å². The number of hydrogen-bond donors (Lipinski definition) is 1. The fraction of sp³-hybridized carbons (Fsp3) is 0.320. The van der Waals surface area contributed by atoms with Crippen LogP contribution in [0.1, 0.15) is 24.5 Å². The second-order valence-corrected chi connectivity index (χ2v) is 7.92. The highest BCUT2D eigenvalue weighted by Crippen LogP contribution is 2.53. The number of methoxy groups -OCH3 is 2. The van der Waals surface area contributed by atoms with Crippen LogP contribution in [0.25, 0.3) is 5.76 Å². The SMILES string of the molecule is CCCN1C(=O)C2(C(=C(O)c3ccc(OC)cc3)C(=O)C(=O)N2CCOC)c2ccccc21. The van der Waals surface area contributed by atoms with Gasteiger partial charge in [-0.1, -0.05) is 25.1 Å². The Morgan fingerprint density at radius 3 is 2.33 bits per heavy atom. The van der Waals surface area contributed by atoms with Crippen LogP contribution in [-0.2, 0) is 24.7 Å². The van der Waals surface area contributed by atoms with Crippen LogP contribution in [0.5, 0.6) is 5.75 Å². The average Bonchev–Trinajstić information content (AvgIpc) is 3.21. The normalized spacial score (nSPS) is 21.2. The molecule has 1 saturated heterocycles. The van der Waals surface area contributed by atoms with Crippen LogP contribution in [0.15, 0.2) is 54.1 Å². The third kappa shape index (κ3) is 3.21. The van der Waals surface area contributed by atoms with Crippen LogP contribution >= 0.6 is 0 Å². The molecule has 33 heavy (non-hydrogen) atoms. The second-order valence-electron chi connectivity index (χ2n) is 7.92. The number of nitrogens with zero attached hydrogens (tertiary/aromatic N) is 2. The van der Waals surface area contributed by atoms with Crippen LogP contribution in [0.4, 0.5) is 5.69 Å². The molecule has 1 spiro atoms. The van der Waals surface area contributed by atoms with E-state index in [1.807, 2.05) is 6.92 Å². The molecule has 2 aromatic rings. The molecule has 2 aliphatic rings. The Morgan fingerprint density at radius 2 is 1.70 bits per heavy atom. The first kappa shape index (κ1) is 22.5. The van der Waals surface area contributed by atoms with Gasteiger partial charge in [-0.25, -0.2) is 0 Å². The van der Waals surface area contributed by atoms with Gasteiger partial charge in [0, 0.05) is 31.3 Å². The molecule has 172 valence electrons. The molecule has 2 heterocycles. The monoisotopic (exact) mass is 450 g/mol. The van der Waals surface area contributed by atoms with Crippen LogP contribution < -0.4 is 9.64 Å². The molecule has 1 atom stereocenters. The van der Waals surface area contributed by atoms with E-state index in [0.29, 0.717) is 35.5 Å². The fourth-order valence-corrected chi connectivity index (χ4v) is 4.69. The number of likely N-dealkylation sites (tertiary alicyclic amines) is 1. The van der Waals surface area contributed by atoms with Crippen LogP contribution in [0.3, 0.4) is 0 Å². The number of carbonyl (C=O) groups excluding carboxylic acids is 3. The summed E-state index contributed by atoms with van der Waals surface area (Å²) in [7, 11) is 3.00. The lowest BCUT2D eigenvalue weighted by molar-refractivity contribution is -0.144. The molecule has 0 aliphatic carbocycles. The van der Waals surface area contributed by atoms with Crippen molar-refractivity contribution in [2.24, 2.45) is 0 Å². The number of amides is 2. The van der Waals surface area contributed by atoms with E-state index in [0.717, 1.165) is 0 Å². The summed E-state index contributed by atoms with van der Waals surface area (Å²) in [5.41, 5.74) is -0.574. The molecular weight excluding hydrogens is 424 g/mol. The standard InChI is InChI=1S/C25H26N2O6/c1-4-13-26-19-8-6-5-7-18(19)25(24(26)31)20(22(29)23(30)27(25)14-15-32-2)21(28)16-9-11-17(33-3)12-10-16/h5-12,28H,4,13-15H2,1-3H3. The predicted octanol–water partition coefficient (Wildman–Crippen LogP) is 2.67. The zero-order valence-electron chi connectivity index (χ0n) is 18.8.